The van der Waals surface area contributed by atoms with Crippen LogP contribution in [0.4, 0.5) is 11.4 Å². The number of amides is 1. The number of nitrogens with two attached hydrogens (primary N) is 1. The highest BCUT2D eigenvalue weighted by molar-refractivity contribution is 5.81. The molecule has 0 radical (unpaired) electrons. The minimum atomic E-state index is -0.729. The van der Waals surface area contributed by atoms with Gasteiger partial charge >= 0.3 is 0 Å². The van der Waals surface area contributed by atoms with Crippen molar-refractivity contribution in [1.29, 1.82) is 5.26 Å². The topological polar surface area (TPSA) is 131 Å². The van der Waals surface area contributed by atoms with E-state index in [-0.39, 0.29) is 17.8 Å². The molecule has 0 bridgehead atoms. The molecule has 1 saturated heterocycles. The van der Waals surface area contributed by atoms with Crippen LogP contribution in [0.2, 0.25) is 0 Å². The first-order valence-corrected chi connectivity index (χ1v) is 6.78. The van der Waals surface area contributed by atoms with E-state index in [9.17, 15) is 14.9 Å². The SMILES string of the molecule is N#Cc1cc([N+](=O)[O-])ccc1NCC1(C(N)=O)CCOCC1. The number of benzene rings is 1. The van der Waals surface area contributed by atoms with Gasteiger partial charge in [0.05, 0.1) is 21.6 Å². The van der Waals surface area contributed by atoms with Gasteiger partial charge in [-0.3, -0.25) is 14.9 Å². The summed E-state index contributed by atoms with van der Waals surface area (Å²) in [5.41, 5.74) is 5.23. The fourth-order valence-corrected chi connectivity index (χ4v) is 2.43. The Labute approximate surface area is 127 Å². The zero-order valence-electron chi connectivity index (χ0n) is 11.9. The predicted octanol–water partition coefficient (Wildman–Crippen LogP) is 1.16. The number of anilines is 1. The van der Waals surface area contributed by atoms with Crippen molar-refractivity contribution >= 4 is 17.3 Å². The van der Waals surface area contributed by atoms with E-state index in [4.69, 9.17) is 15.7 Å². The van der Waals surface area contributed by atoms with Gasteiger partial charge in [0, 0.05) is 31.9 Å². The number of ether oxygens (including phenoxy) is 1. The first-order valence-electron chi connectivity index (χ1n) is 6.78. The lowest BCUT2D eigenvalue weighted by Gasteiger charge is -2.34. The van der Waals surface area contributed by atoms with Crippen LogP contribution < -0.4 is 11.1 Å². The van der Waals surface area contributed by atoms with E-state index < -0.39 is 16.2 Å². The Bertz CT molecular complexity index is 632. The van der Waals surface area contributed by atoms with E-state index in [2.05, 4.69) is 5.32 Å². The Morgan fingerprint density at radius 3 is 2.73 bits per heavy atom. The fourth-order valence-electron chi connectivity index (χ4n) is 2.43. The molecule has 1 aliphatic rings. The van der Waals surface area contributed by atoms with E-state index >= 15 is 0 Å². The van der Waals surface area contributed by atoms with Crippen molar-refractivity contribution in [3.05, 3.63) is 33.9 Å². The Hall–Kier alpha value is -2.66. The number of nitro benzene ring substituents is 1. The molecule has 0 atom stereocenters. The number of non-ortho nitro benzene ring substituents is 1. The number of nitro groups is 1. The van der Waals surface area contributed by atoms with Crippen LogP contribution in [0.5, 0.6) is 0 Å². The molecule has 0 aromatic heterocycles. The Morgan fingerprint density at radius 1 is 1.50 bits per heavy atom. The molecule has 2 rings (SSSR count). The van der Waals surface area contributed by atoms with E-state index in [1.807, 2.05) is 6.07 Å². The monoisotopic (exact) mass is 304 g/mol. The van der Waals surface area contributed by atoms with Gasteiger partial charge in [-0.05, 0) is 18.9 Å². The van der Waals surface area contributed by atoms with Crippen LogP contribution in [-0.4, -0.2) is 30.6 Å². The molecule has 0 spiro atoms. The van der Waals surface area contributed by atoms with Crippen LogP contribution in [0.1, 0.15) is 18.4 Å². The van der Waals surface area contributed by atoms with Gasteiger partial charge in [-0.2, -0.15) is 5.26 Å². The summed E-state index contributed by atoms with van der Waals surface area (Å²) in [6.45, 7) is 1.17. The van der Waals surface area contributed by atoms with E-state index in [1.54, 1.807) is 0 Å². The zero-order chi connectivity index (χ0) is 16.2. The van der Waals surface area contributed by atoms with E-state index in [0.717, 1.165) is 0 Å². The second kappa shape index (κ2) is 6.41. The van der Waals surface area contributed by atoms with Gasteiger partial charge < -0.3 is 15.8 Å². The number of nitriles is 1. The molecule has 0 saturated carbocycles. The van der Waals surface area contributed by atoms with E-state index in [1.165, 1.54) is 18.2 Å². The molecule has 0 unspecified atom stereocenters. The molecule has 3 N–H and O–H groups in total. The third kappa shape index (κ3) is 3.15. The summed E-state index contributed by atoms with van der Waals surface area (Å²) in [6, 6.07) is 5.88. The van der Waals surface area contributed by atoms with Gasteiger partial charge in [0.1, 0.15) is 6.07 Å². The maximum atomic E-state index is 11.8. The minimum absolute atomic E-state index is 0.154. The summed E-state index contributed by atoms with van der Waals surface area (Å²) in [7, 11) is 0. The molecule has 8 nitrogen and oxygen atoms in total. The average Bonchev–Trinajstić information content (AvgIpc) is 2.53. The highest BCUT2D eigenvalue weighted by Gasteiger charge is 2.38. The first kappa shape index (κ1) is 15.7. The molecule has 0 aliphatic carbocycles. The first-order chi connectivity index (χ1) is 10.5. The molecule has 1 aliphatic heterocycles. The van der Waals surface area contributed by atoms with Crippen LogP contribution in [0.15, 0.2) is 18.2 Å². The van der Waals surface area contributed by atoms with Gasteiger partial charge in [-0.15, -0.1) is 0 Å². The third-order valence-electron chi connectivity index (χ3n) is 3.92. The standard InChI is InChI=1S/C14H16N4O4/c15-8-10-7-11(18(20)21)1-2-12(10)17-9-14(13(16)19)3-5-22-6-4-14/h1-2,7,17H,3-6,9H2,(H2,16,19). The summed E-state index contributed by atoms with van der Waals surface area (Å²) >= 11 is 0. The number of rotatable bonds is 5. The molecule has 22 heavy (non-hydrogen) atoms. The van der Waals surface area contributed by atoms with Crippen LogP contribution in [0.3, 0.4) is 0 Å². The van der Waals surface area contributed by atoms with E-state index in [0.29, 0.717) is 31.7 Å². The summed E-state index contributed by atoms with van der Waals surface area (Å²) in [6.07, 6.45) is 1.01. The molecule has 1 aromatic rings. The average molecular weight is 304 g/mol. The summed E-state index contributed by atoms with van der Waals surface area (Å²) < 4.78 is 5.25. The predicted molar refractivity (Wildman–Crippen MR) is 78.0 cm³/mol. The molecule has 8 heteroatoms. The number of nitrogens with zero attached hydrogens (tertiary/aromatic N) is 2. The second-order valence-corrected chi connectivity index (χ2v) is 5.21. The quantitative estimate of drug-likeness (QED) is 0.619. The Morgan fingerprint density at radius 2 is 2.18 bits per heavy atom. The third-order valence-corrected chi connectivity index (χ3v) is 3.92. The summed E-state index contributed by atoms with van der Waals surface area (Å²) in [4.78, 5) is 21.9. The molecule has 1 heterocycles. The Kier molecular flexibility index (Phi) is 4.58. The van der Waals surface area contributed by atoms with Gasteiger partial charge in [0.25, 0.3) is 5.69 Å². The van der Waals surface area contributed by atoms with Gasteiger partial charge in [0.15, 0.2) is 0 Å². The lowest BCUT2D eigenvalue weighted by atomic mass is 9.79. The van der Waals surface area contributed by atoms with Gasteiger partial charge in [-0.25, -0.2) is 0 Å². The number of carbonyl (C=O) groups is 1. The van der Waals surface area contributed by atoms with Crippen LogP contribution in [0, 0.1) is 26.9 Å². The summed E-state index contributed by atoms with van der Waals surface area (Å²) in [5.74, 6) is -0.413. The van der Waals surface area contributed by atoms with Crippen molar-refractivity contribution in [1.82, 2.24) is 0 Å². The largest absolute Gasteiger partial charge is 0.383 e. The maximum absolute atomic E-state index is 11.8. The molecule has 1 aromatic carbocycles. The van der Waals surface area contributed by atoms with Crippen molar-refractivity contribution < 1.29 is 14.5 Å². The van der Waals surface area contributed by atoms with Crippen LogP contribution in [-0.2, 0) is 9.53 Å². The number of hydrogen-bond donors (Lipinski definition) is 2. The normalized spacial score (nSPS) is 16.5. The van der Waals surface area contributed by atoms with Crippen molar-refractivity contribution in [2.45, 2.75) is 12.8 Å². The molecular weight excluding hydrogens is 288 g/mol. The van der Waals surface area contributed by atoms with Crippen molar-refractivity contribution in [3.8, 4) is 6.07 Å². The highest BCUT2D eigenvalue weighted by Crippen LogP contribution is 2.31. The van der Waals surface area contributed by atoms with Gasteiger partial charge in [-0.1, -0.05) is 0 Å². The molecule has 116 valence electrons. The smallest absolute Gasteiger partial charge is 0.270 e. The fraction of sp³-hybridized carbons (Fsp3) is 0.429. The van der Waals surface area contributed by atoms with Crippen molar-refractivity contribution in [2.75, 3.05) is 25.1 Å². The minimum Gasteiger partial charge on any atom is -0.383 e. The number of hydrogen-bond acceptors (Lipinski definition) is 6. The molecular formula is C14H16N4O4. The maximum Gasteiger partial charge on any atom is 0.270 e. The lowest BCUT2D eigenvalue weighted by Crippen LogP contribution is -2.46. The highest BCUT2D eigenvalue weighted by atomic mass is 16.6. The number of nitrogens with one attached hydrogen (secondary N) is 1. The van der Waals surface area contributed by atoms with Crippen molar-refractivity contribution in [2.24, 2.45) is 11.1 Å². The van der Waals surface area contributed by atoms with Gasteiger partial charge in [0.2, 0.25) is 5.91 Å². The van der Waals surface area contributed by atoms with Crippen molar-refractivity contribution in [3.63, 3.8) is 0 Å². The second-order valence-electron chi connectivity index (χ2n) is 5.21. The Balaban J connectivity index is 2.18. The van der Waals surface area contributed by atoms with Crippen LogP contribution in [0.25, 0.3) is 0 Å². The molecule has 1 amide bonds. The summed E-state index contributed by atoms with van der Waals surface area (Å²) in [5, 5.41) is 22.9. The lowest BCUT2D eigenvalue weighted by molar-refractivity contribution is -0.384. The molecule has 1 fully saturated rings. The number of carbonyl (C=O) groups excluding carboxylic acids is 1. The zero-order valence-corrected chi connectivity index (χ0v) is 11.9. The van der Waals surface area contributed by atoms with Crippen LogP contribution >= 0.6 is 0 Å². The number of primary amides is 1.